The number of benzene rings is 1. The first-order chi connectivity index (χ1) is 12.7. The van der Waals surface area contributed by atoms with Crippen LogP contribution in [-0.4, -0.2) is 48.3 Å². The molecule has 1 N–H and O–H groups in total. The van der Waals surface area contributed by atoms with E-state index >= 15 is 0 Å². The Bertz CT molecular complexity index is 967. The average Bonchev–Trinajstić information content (AvgIpc) is 3.05. The smallest absolute Gasteiger partial charge is 0.297 e. The zero-order chi connectivity index (χ0) is 19.8. The molecule has 1 amide bonds. The van der Waals surface area contributed by atoms with Crippen LogP contribution in [0, 0.1) is 0 Å². The van der Waals surface area contributed by atoms with Crippen molar-refractivity contribution in [1.82, 2.24) is 4.90 Å². The van der Waals surface area contributed by atoms with Crippen molar-refractivity contribution in [3.63, 3.8) is 0 Å². The number of anilines is 1. The Kier molecular flexibility index (Phi) is 5.22. The molecule has 0 aromatic heterocycles. The van der Waals surface area contributed by atoms with E-state index < -0.39 is 21.8 Å². The quantitative estimate of drug-likeness (QED) is 0.448. The molecule has 0 aliphatic carbocycles. The van der Waals surface area contributed by atoms with Gasteiger partial charge in [0.05, 0.1) is 11.4 Å². The number of para-hydroxylation sites is 2. The van der Waals surface area contributed by atoms with Gasteiger partial charge in [-0.1, -0.05) is 12.1 Å². The molecule has 0 bridgehead atoms. The van der Waals surface area contributed by atoms with Crippen LogP contribution in [0.4, 0.5) is 5.69 Å². The first kappa shape index (κ1) is 19.3. The molecule has 0 saturated carbocycles. The van der Waals surface area contributed by atoms with Crippen molar-refractivity contribution in [1.29, 1.82) is 0 Å². The molecule has 1 fully saturated rings. The molecule has 1 saturated heterocycles. The minimum atomic E-state index is -4.09. The molecule has 10 heteroatoms. The largest absolute Gasteiger partial charge is 0.439 e. The summed E-state index contributed by atoms with van der Waals surface area (Å²) < 4.78 is 41.6. The highest BCUT2D eigenvalue weighted by Gasteiger charge is 2.35. The Labute approximate surface area is 162 Å². The number of fused-ring (bicyclic) bond motifs is 1. The van der Waals surface area contributed by atoms with Gasteiger partial charge in [0.2, 0.25) is 5.88 Å². The molecule has 2 aliphatic rings. The van der Waals surface area contributed by atoms with E-state index in [0.29, 0.717) is 17.2 Å². The van der Waals surface area contributed by atoms with Gasteiger partial charge in [-0.3, -0.25) is 14.2 Å². The summed E-state index contributed by atoms with van der Waals surface area (Å²) in [5, 5.41) is -0.0490. The van der Waals surface area contributed by atoms with Crippen molar-refractivity contribution in [2.75, 3.05) is 24.2 Å². The highest BCUT2D eigenvalue weighted by molar-refractivity contribution is 7.85. The first-order valence-corrected chi connectivity index (χ1v) is 10.1. The lowest BCUT2D eigenvalue weighted by Crippen LogP contribution is -2.30. The SMILES string of the molecule is CC(/C=C1\Oc2ccccc2N1C)=C1/OC(=S)N(CCCS(=O)(=O)O)C1=O. The number of ether oxygens (including phenoxy) is 2. The third-order valence-electron chi connectivity index (χ3n) is 4.10. The van der Waals surface area contributed by atoms with Crippen molar-refractivity contribution in [2.24, 2.45) is 0 Å². The second kappa shape index (κ2) is 7.29. The van der Waals surface area contributed by atoms with Gasteiger partial charge in [0, 0.05) is 25.2 Å². The van der Waals surface area contributed by atoms with E-state index in [1.54, 1.807) is 13.0 Å². The topological polar surface area (TPSA) is 96.4 Å². The van der Waals surface area contributed by atoms with Gasteiger partial charge in [0.1, 0.15) is 0 Å². The van der Waals surface area contributed by atoms with Gasteiger partial charge in [-0.25, -0.2) is 0 Å². The molecular weight excluding hydrogens is 392 g/mol. The van der Waals surface area contributed by atoms with Crippen LogP contribution in [0.5, 0.6) is 5.75 Å². The normalized spacial score (nSPS) is 20.0. The fraction of sp³-hybridized carbons (Fsp3) is 0.294. The second-order valence-corrected chi connectivity index (χ2v) is 8.01. The fourth-order valence-electron chi connectivity index (χ4n) is 2.74. The van der Waals surface area contributed by atoms with Crippen molar-refractivity contribution in [3.8, 4) is 5.75 Å². The Morgan fingerprint density at radius 2 is 2.00 bits per heavy atom. The van der Waals surface area contributed by atoms with Crippen LogP contribution in [0.25, 0.3) is 0 Å². The Morgan fingerprint density at radius 3 is 2.67 bits per heavy atom. The minimum absolute atomic E-state index is 0.0344. The summed E-state index contributed by atoms with van der Waals surface area (Å²) >= 11 is 5.06. The Morgan fingerprint density at radius 1 is 1.30 bits per heavy atom. The lowest BCUT2D eigenvalue weighted by atomic mass is 10.2. The Balaban J connectivity index is 1.76. The molecule has 144 valence electrons. The number of carbonyl (C=O) groups excluding carboxylic acids is 1. The molecular formula is C17H18N2O6S2. The molecule has 0 atom stereocenters. The van der Waals surface area contributed by atoms with Crippen LogP contribution in [-0.2, 0) is 19.6 Å². The van der Waals surface area contributed by atoms with Crippen molar-refractivity contribution < 1.29 is 27.2 Å². The molecule has 0 unspecified atom stereocenters. The first-order valence-electron chi connectivity index (χ1n) is 8.09. The number of hydrogen-bond donors (Lipinski definition) is 1. The summed E-state index contributed by atoms with van der Waals surface area (Å²) in [5.41, 5.74) is 1.43. The highest BCUT2D eigenvalue weighted by Crippen LogP contribution is 2.38. The monoisotopic (exact) mass is 410 g/mol. The fourth-order valence-corrected chi connectivity index (χ4v) is 3.49. The lowest BCUT2D eigenvalue weighted by Gasteiger charge is -2.11. The van der Waals surface area contributed by atoms with Gasteiger partial charge >= 0.3 is 0 Å². The number of hydrogen-bond acceptors (Lipinski definition) is 7. The maximum Gasteiger partial charge on any atom is 0.297 e. The number of allylic oxidation sites excluding steroid dienone is 2. The van der Waals surface area contributed by atoms with Gasteiger partial charge in [0.25, 0.3) is 21.2 Å². The maximum atomic E-state index is 12.5. The molecule has 1 aromatic carbocycles. The van der Waals surface area contributed by atoms with Gasteiger partial charge in [0.15, 0.2) is 11.5 Å². The second-order valence-electron chi connectivity index (χ2n) is 6.09. The molecule has 8 nitrogen and oxygen atoms in total. The number of amides is 1. The summed E-state index contributed by atoms with van der Waals surface area (Å²) in [6, 6.07) is 7.53. The van der Waals surface area contributed by atoms with Crippen LogP contribution in [0.2, 0.25) is 0 Å². The summed E-state index contributed by atoms with van der Waals surface area (Å²) in [5.74, 6) is 0.395. The molecule has 0 spiro atoms. The van der Waals surface area contributed by atoms with E-state index in [1.807, 2.05) is 36.2 Å². The third kappa shape index (κ3) is 4.12. The van der Waals surface area contributed by atoms with E-state index in [-0.39, 0.29) is 23.9 Å². The van der Waals surface area contributed by atoms with E-state index in [0.717, 1.165) is 5.69 Å². The average molecular weight is 410 g/mol. The number of rotatable bonds is 5. The van der Waals surface area contributed by atoms with Crippen molar-refractivity contribution in [3.05, 3.63) is 47.6 Å². The van der Waals surface area contributed by atoms with Gasteiger partial charge in [-0.05, 0) is 37.7 Å². The molecule has 27 heavy (non-hydrogen) atoms. The lowest BCUT2D eigenvalue weighted by molar-refractivity contribution is -0.123. The standard InChI is InChI=1S/C17H18N2O6S2/c1-11(10-14-18(2)12-6-3-4-7-13(12)24-14)15-16(20)19(17(26)25-15)8-5-9-27(21,22)23/h3-4,6-7,10H,5,8-9H2,1-2H3,(H,21,22,23)/b14-10-,15-11-. The predicted octanol–water partition coefficient (Wildman–Crippen LogP) is 2.05. The number of nitrogens with zero attached hydrogens (tertiary/aromatic N) is 2. The highest BCUT2D eigenvalue weighted by atomic mass is 32.2. The maximum absolute atomic E-state index is 12.5. The third-order valence-corrected chi connectivity index (χ3v) is 5.21. The van der Waals surface area contributed by atoms with Crippen LogP contribution in [0.1, 0.15) is 13.3 Å². The molecule has 2 heterocycles. The van der Waals surface area contributed by atoms with Gasteiger partial charge < -0.3 is 14.4 Å². The molecule has 2 aliphatic heterocycles. The van der Waals surface area contributed by atoms with Crippen LogP contribution >= 0.6 is 12.2 Å². The van der Waals surface area contributed by atoms with Gasteiger partial charge in [-0.15, -0.1) is 0 Å². The summed E-state index contributed by atoms with van der Waals surface area (Å²) in [7, 11) is -2.25. The van der Waals surface area contributed by atoms with Crippen molar-refractivity contribution in [2.45, 2.75) is 13.3 Å². The van der Waals surface area contributed by atoms with E-state index in [2.05, 4.69) is 0 Å². The summed E-state index contributed by atoms with van der Waals surface area (Å²) in [6.45, 7) is 1.73. The number of carbonyl (C=O) groups is 1. The van der Waals surface area contributed by atoms with Crippen LogP contribution < -0.4 is 9.64 Å². The molecule has 0 radical (unpaired) electrons. The van der Waals surface area contributed by atoms with Crippen LogP contribution in [0.3, 0.4) is 0 Å². The predicted molar refractivity (Wildman–Crippen MR) is 103 cm³/mol. The van der Waals surface area contributed by atoms with E-state index in [9.17, 15) is 13.2 Å². The van der Waals surface area contributed by atoms with Crippen LogP contribution in [0.15, 0.2) is 47.6 Å². The zero-order valence-electron chi connectivity index (χ0n) is 14.7. The Hall–Kier alpha value is -2.43. The minimum Gasteiger partial charge on any atom is -0.439 e. The van der Waals surface area contributed by atoms with Crippen molar-refractivity contribution >= 4 is 39.1 Å². The number of thiocarbonyl (C=S) groups is 1. The zero-order valence-corrected chi connectivity index (χ0v) is 16.3. The van der Waals surface area contributed by atoms with Gasteiger partial charge in [-0.2, -0.15) is 8.42 Å². The summed E-state index contributed by atoms with van der Waals surface area (Å²) in [6.07, 6.45) is 1.72. The molecule has 1 aromatic rings. The van der Waals surface area contributed by atoms with E-state index in [1.165, 1.54) is 4.90 Å². The van der Waals surface area contributed by atoms with E-state index in [4.69, 9.17) is 26.2 Å². The summed E-state index contributed by atoms with van der Waals surface area (Å²) in [4.78, 5) is 15.6. The molecule has 3 rings (SSSR count).